The van der Waals surface area contributed by atoms with Crippen molar-refractivity contribution in [3.05, 3.63) is 57.6 Å². The van der Waals surface area contributed by atoms with Crippen LogP contribution in [-0.2, 0) is 14.3 Å². The van der Waals surface area contributed by atoms with E-state index in [-0.39, 0.29) is 35.7 Å². The summed E-state index contributed by atoms with van der Waals surface area (Å²) in [6.45, 7) is 0.940. The van der Waals surface area contributed by atoms with Gasteiger partial charge in [0.05, 0.1) is 17.2 Å². The number of phenols is 1. The van der Waals surface area contributed by atoms with E-state index in [1.165, 1.54) is 4.90 Å². The summed E-state index contributed by atoms with van der Waals surface area (Å²) in [6, 6.07) is 7.94. The number of esters is 1. The number of hydrogen-bond donors (Lipinski definition) is 4. The molecule has 0 saturated carbocycles. The molecular formula is C26H26Cl2F3N3O7. The Morgan fingerprint density at radius 3 is 2.27 bits per heavy atom. The SMILES string of the molecule is O=C(O)C(OC(=O)C(F)(F)F)c1cc(Cl)c(O)cc1N1CC(O)C(NC2CCN(C(=O)c3ccc(Cl)cc3)CC2)C1. The van der Waals surface area contributed by atoms with Gasteiger partial charge in [0.2, 0.25) is 6.10 Å². The number of halogens is 5. The van der Waals surface area contributed by atoms with Crippen molar-refractivity contribution in [3.63, 3.8) is 0 Å². The number of piperidine rings is 1. The number of likely N-dealkylation sites (tertiary alicyclic amines) is 1. The molecule has 2 aromatic carbocycles. The normalized spacial score (nSPS) is 20.6. The highest BCUT2D eigenvalue weighted by Gasteiger charge is 2.45. The molecule has 0 radical (unpaired) electrons. The standard InChI is InChI=1S/C26H26Cl2F3N3O7/c27-14-3-1-13(2-4-14)23(37)33-7-5-15(6-8-33)32-18-11-34(12-21(18)36)19-10-20(35)17(28)9-16(19)22(24(38)39)41-25(40)26(29,30)31/h1-4,9-10,15,18,21-22,32,35-36H,5-8,11-12H2,(H,38,39). The van der Waals surface area contributed by atoms with Crippen molar-refractivity contribution in [2.75, 3.05) is 31.1 Å². The molecule has 222 valence electrons. The van der Waals surface area contributed by atoms with Crippen LogP contribution in [0.1, 0.15) is 34.9 Å². The number of benzene rings is 2. The summed E-state index contributed by atoms with van der Waals surface area (Å²) in [6.07, 6.45) is -7.63. The number of nitrogens with one attached hydrogen (secondary N) is 1. The van der Waals surface area contributed by atoms with Gasteiger partial charge in [-0.15, -0.1) is 0 Å². The van der Waals surface area contributed by atoms with Crippen LogP contribution in [0, 0.1) is 0 Å². The maximum atomic E-state index is 12.8. The Hall–Kier alpha value is -3.26. The van der Waals surface area contributed by atoms with Crippen LogP contribution in [0.2, 0.25) is 10.0 Å². The van der Waals surface area contributed by atoms with Crippen LogP contribution < -0.4 is 10.2 Å². The Morgan fingerprint density at radius 2 is 1.68 bits per heavy atom. The fraction of sp³-hybridized carbons (Fsp3) is 0.423. The second kappa shape index (κ2) is 12.3. The number of carbonyl (C=O) groups is 3. The Kier molecular flexibility index (Phi) is 9.22. The summed E-state index contributed by atoms with van der Waals surface area (Å²) >= 11 is 11.8. The maximum Gasteiger partial charge on any atom is 0.490 e. The molecule has 2 heterocycles. The highest BCUT2D eigenvalue weighted by Crippen LogP contribution is 2.39. The highest BCUT2D eigenvalue weighted by molar-refractivity contribution is 6.32. The summed E-state index contributed by atoms with van der Waals surface area (Å²) in [4.78, 5) is 39.2. The van der Waals surface area contributed by atoms with E-state index in [9.17, 15) is 42.9 Å². The predicted octanol–water partition coefficient (Wildman–Crippen LogP) is 3.37. The molecule has 41 heavy (non-hydrogen) atoms. The first-order chi connectivity index (χ1) is 19.2. The monoisotopic (exact) mass is 619 g/mol. The number of anilines is 1. The van der Waals surface area contributed by atoms with Crippen LogP contribution in [0.15, 0.2) is 36.4 Å². The number of alkyl halides is 3. The third-order valence-electron chi connectivity index (χ3n) is 7.01. The number of hydrogen-bond acceptors (Lipinski definition) is 8. The van der Waals surface area contributed by atoms with Crippen molar-refractivity contribution in [2.24, 2.45) is 0 Å². The number of ether oxygens (including phenoxy) is 1. The number of amides is 1. The Morgan fingerprint density at radius 1 is 1.05 bits per heavy atom. The van der Waals surface area contributed by atoms with E-state index < -0.39 is 47.7 Å². The summed E-state index contributed by atoms with van der Waals surface area (Å²) in [5, 5.41) is 34.0. The highest BCUT2D eigenvalue weighted by atomic mass is 35.5. The Bertz CT molecular complexity index is 1300. The van der Waals surface area contributed by atoms with Crippen LogP contribution in [-0.4, -0.2) is 88.6 Å². The van der Waals surface area contributed by atoms with Crippen molar-refractivity contribution >= 4 is 46.7 Å². The molecule has 0 aliphatic carbocycles. The molecule has 2 aromatic rings. The third kappa shape index (κ3) is 7.15. The molecule has 15 heteroatoms. The molecule has 0 spiro atoms. The Balaban J connectivity index is 1.44. The Labute approximate surface area is 242 Å². The number of phenolic OH excluding ortho intramolecular Hbond substituents is 1. The zero-order chi connectivity index (χ0) is 30.1. The fourth-order valence-electron chi connectivity index (χ4n) is 4.95. The molecule has 4 rings (SSSR count). The number of aromatic hydroxyl groups is 1. The second-order valence-corrected chi connectivity index (χ2v) is 10.6. The van der Waals surface area contributed by atoms with Crippen LogP contribution in [0.3, 0.4) is 0 Å². The van der Waals surface area contributed by atoms with Crippen molar-refractivity contribution < 1.29 is 47.6 Å². The number of rotatable bonds is 7. The number of aliphatic hydroxyl groups excluding tert-OH is 1. The average Bonchev–Trinajstić information content (AvgIpc) is 3.27. The largest absolute Gasteiger partial charge is 0.506 e. The number of carboxylic acids is 1. The van der Waals surface area contributed by atoms with Crippen LogP contribution in [0.4, 0.5) is 18.9 Å². The molecule has 3 atom stereocenters. The van der Waals surface area contributed by atoms with E-state index in [0.717, 1.165) is 12.1 Å². The van der Waals surface area contributed by atoms with Gasteiger partial charge in [-0.05, 0) is 43.2 Å². The van der Waals surface area contributed by atoms with Crippen molar-refractivity contribution in [1.82, 2.24) is 10.2 Å². The van der Waals surface area contributed by atoms with Gasteiger partial charge >= 0.3 is 18.1 Å². The molecule has 3 unspecified atom stereocenters. The first-order valence-corrected chi connectivity index (χ1v) is 13.3. The van der Waals surface area contributed by atoms with Gasteiger partial charge in [-0.2, -0.15) is 13.2 Å². The molecule has 2 aliphatic rings. The molecule has 2 fully saturated rings. The first-order valence-electron chi connectivity index (χ1n) is 12.5. The maximum absolute atomic E-state index is 12.8. The van der Waals surface area contributed by atoms with Crippen LogP contribution >= 0.6 is 23.2 Å². The van der Waals surface area contributed by atoms with Gasteiger partial charge in [0.25, 0.3) is 5.91 Å². The fourth-order valence-corrected chi connectivity index (χ4v) is 5.24. The quantitative estimate of drug-likeness (QED) is 0.343. The zero-order valence-electron chi connectivity index (χ0n) is 21.3. The van der Waals surface area contributed by atoms with Gasteiger partial charge in [0, 0.05) is 60.1 Å². The van der Waals surface area contributed by atoms with E-state index in [4.69, 9.17) is 23.2 Å². The topological polar surface area (TPSA) is 140 Å². The van der Waals surface area contributed by atoms with Crippen LogP contribution in [0.25, 0.3) is 0 Å². The average molecular weight is 620 g/mol. The molecule has 0 aromatic heterocycles. The number of aliphatic hydroxyl groups is 1. The zero-order valence-corrected chi connectivity index (χ0v) is 22.8. The van der Waals surface area contributed by atoms with E-state index in [1.807, 2.05) is 0 Å². The van der Waals surface area contributed by atoms with Crippen molar-refractivity contribution in [1.29, 1.82) is 0 Å². The van der Waals surface area contributed by atoms with Gasteiger partial charge in [-0.25, -0.2) is 9.59 Å². The summed E-state index contributed by atoms with van der Waals surface area (Å²) in [5.41, 5.74) is 0.0473. The third-order valence-corrected chi connectivity index (χ3v) is 7.57. The summed E-state index contributed by atoms with van der Waals surface area (Å²) < 4.78 is 42.7. The molecule has 1 amide bonds. The lowest BCUT2D eigenvalue weighted by molar-refractivity contribution is -0.207. The number of β-amino-alcohol motifs (C(OH)–C–C–N with tert-alkyl or cyclic N) is 1. The molecular weight excluding hydrogens is 594 g/mol. The van der Waals surface area contributed by atoms with E-state index in [1.54, 1.807) is 29.2 Å². The molecule has 2 aliphatic heterocycles. The molecule has 0 bridgehead atoms. The molecule has 4 N–H and O–H groups in total. The van der Waals surface area contributed by atoms with E-state index >= 15 is 0 Å². The van der Waals surface area contributed by atoms with Gasteiger partial charge in [-0.1, -0.05) is 23.2 Å². The lowest BCUT2D eigenvalue weighted by atomic mass is 10.0. The smallest absolute Gasteiger partial charge is 0.490 e. The summed E-state index contributed by atoms with van der Waals surface area (Å²) in [7, 11) is 0. The minimum Gasteiger partial charge on any atom is -0.506 e. The minimum atomic E-state index is -5.44. The number of aliphatic carboxylic acids is 1. The van der Waals surface area contributed by atoms with Gasteiger partial charge < -0.3 is 35.2 Å². The van der Waals surface area contributed by atoms with Gasteiger partial charge in [0.1, 0.15) is 5.75 Å². The van der Waals surface area contributed by atoms with Crippen molar-refractivity contribution in [2.45, 2.75) is 43.3 Å². The molecule has 2 saturated heterocycles. The number of carboxylic acid groups (broad SMARTS) is 1. The number of carbonyl (C=O) groups excluding carboxylic acids is 2. The minimum absolute atomic E-state index is 0.0681. The van der Waals surface area contributed by atoms with E-state index in [0.29, 0.717) is 36.5 Å². The summed E-state index contributed by atoms with van der Waals surface area (Å²) in [5.74, 6) is -5.20. The van der Waals surface area contributed by atoms with E-state index in [2.05, 4.69) is 10.1 Å². The van der Waals surface area contributed by atoms with Gasteiger partial charge in [0.15, 0.2) is 0 Å². The van der Waals surface area contributed by atoms with Crippen molar-refractivity contribution in [3.8, 4) is 5.75 Å². The predicted molar refractivity (Wildman–Crippen MR) is 141 cm³/mol. The molecule has 10 nitrogen and oxygen atoms in total. The number of nitrogens with zero attached hydrogens (tertiary/aromatic N) is 2. The lowest BCUT2D eigenvalue weighted by Crippen LogP contribution is -2.50. The van der Waals surface area contributed by atoms with Gasteiger partial charge in [-0.3, -0.25) is 4.79 Å². The van der Waals surface area contributed by atoms with Crippen LogP contribution in [0.5, 0.6) is 5.75 Å². The lowest BCUT2D eigenvalue weighted by Gasteiger charge is -2.34. The second-order valence-electron chi connectivity index (χ2n) is 9.80. The first kappa shape index (κ1) is 30.7.